The zero-order valence-electron chi connectivity index (χ0n) is 8.09. The lowest BCUT2D eigenvalue weighted by Crippen LogP contribution is -2.32. The number of carbonyl (C=O) groups is 1. The molecule has 0 bridgehead atoms. The molecular formula is C9H18O2S. The molecular weight excluding hydrogens is 172 g/mol. The minimum absolute atomic E-state index is 0.152. The van der Waals surface area contributed by atoms with Gasteiger partial charge in [-0.15, -0.1) is 11.8 Å². The Kier molecular flexibility index (Phi) is 5.59. The molecule has 1 N–H and O–H groups in total. The Balaban J connectivity index is 4.25. The highest BCUT2D eigenvalue weighted by Crippen LogP contribution is 2.33. The second-order valence-corrected chi connectivity index (χ2v) is 4.31. The van der Waals surface area contributed by atoms with Gasteiger partial charge in [0.1, 0.15) is 5.78 Å². The lowest BCUT2D eigenvalue weighted by Gasteiger charge is -2.27. The number of Topliss-reactive ketones (excluding diaryl/α,β-unsaturated/α-hetero) is 1. The van der Waals surface area contributed by atoms with Crippen molar-refractivity contribution in [2.24, 2.45) is 0 Å². The maximum absolute atomic E-state index is 11.3. The van der Waals surface area contributed by atoms with Crippen molar-refractivity contribution in [1.82, 2.24) is 0 Å². The number of carbonyl (C=O) groups excluding carboxylic acids is 1. The van der Waals surface area contributed by atoms with Crippen molar-refractivity contribution < 1.29 is 9.90 Å². The fourth-order valence-electron chi connectivity index (χ4n) is 1.29. The average Bonchev–Trinajstić information content (AvgIpc) is 2.07. The van der Waals surface area contributed by atoms with Crippen LogP contribution in [0.1, 0.15) is 33.6 Å². The summed E-state index contributed by atoms with van der Waals surface area (Å²) in [5, 5.41) is 8.67. The number of aliphatic hydroxyl groups is 1. The van der Waals surface area contributed by atoms with E-state index >= 15 is 0 Å². The third kappa shape index (κ3) is 2.79. The normalized spacial score (nSPS) is 11.7. The second kappa shape index (κ2) is 5.60. The summed E-state index contributed by atoms with van der Waals surface area (Å²) in [6, 6.07) is 0. The van der Waals surface area contributed by atoms with E-state index in [1.54, 1.807) is 18.7 Å². The highest BCUT2D eigenvalue weighted by molar-refractivity contribution is 8.01. The van der Waals surface area contributed by atoms with Crippen LogP contribution in [-0.2, 0) is 4.79 Å². The van der Waals surface area contributed by atoms with E-state index in [0.717, 1.165) is 12.8 Å². The van der Waals surface area contributed by atoms with Gasteiger partial charge in [0, 0.05) is 5.75 Å². The number of hydrogen-bond acceptors (Lipinski definition) is 3. The lowest BCUT2D eigenvalue weighted by atomic mass is 9.98. The van der Waals surface area contributed by atoms with Crippen LogP contribution in [0.5, 0.6) is 0 Å². The van der Waals surface area contributed by atoms with Gasteiger partial charge >= 0.3 is 0 Å². The first kappa shape index (κ1) is 12.0. The number of hydrogen-bond donors (Lipinski definition) is 1. The van der Waals surface area contributed by atoms with Crippen LogP contribution in [0, 0.1) is 0 Å². The summed E-state index contributed by atoms with van der Waals surface area (Å²) in [4.78, 5) is 11.3. The predicted octanol–water partition coefficient (Wildman–Crippen LogP) is 1.86. The van der Waals surface area contributed by atoms with Gasteiger partial charge in [0.05, 0.1) is 11.4 Å². The third-order valence-corrected chi connectivity index (χ3v) is 4.06. The summed E-state index contributed by atoms with van der Waals surface area (Å²) in [5.41, 5.74) is 0. The molecule has 0 aliphatic heterocycles. The number of aliphatic hydroxyl groups excluding tert-OH is 1. The Labute approximate surface area is 78.7 Å². The van der Waals surface area contributed by atoms with Gasteiger partial charge in [0.15, 0.2) is 0 Å². The maximum Gasteiger partial charge on any atom is 0.145 e. The summed E-state index contributed by atoms with van der Waals surface area (Å²) in [7, 11) is 0. The van der Waals surface area contributed by atoms with E-state index in [-0.39, 0.29) is 17.1 Å². The Morgan fingerprint density at radius 3 is 2.17 bits per heavy atom. The van der Waals surface area contributed by atoms with Crippen molar-refractivity contribution in [2.75, 3.05) is 12.4 Å². The monoisotopic (exact) mass is 190 g/mol. The van der Waals surface area contributed by atoms with E-state index in [0.29, 0.717) is 5.75 Å². The van der Waals surface area contributed by atoms with Crippen LogP contribution in [0.2, 0.25) is 0 Å². The van der Waals surface area contributed by atoms with Crippen LogP contribution >= 0.6 is 11.8 Å². The topological polar surface area (TPSA) is 37.3 Å². The molecule has 0 heterocycles. The number of rotatable bonds is 6. The molecule has 2 nitrogen and oxygen atoms in total. The summed E-state index contributed by atoms with van der Waals surface area (Å²) < 4.78 is -0.247. The van der Waals surface area contributed by atoms with Gasteiger partial charge in [0.25, 0.3) is 0 Å². The largest absolute Gasteiger partial charge is 0.396 e. The molecule has 0 aromatic carbocycles. The van der Waals surface area contributed by atoms with Gasteiger partial charge in [0.2, 0.25) is 0 Å². The van der Waals surface area contributed by atoms with Crippen molar-refractivity contribution >= 4 is 17.5 Å². The Bertz CT molecular complexity index is 141. The molecule has 0 aliphatic rings. The van der Waals surface area contributed by atoms with Crippen molar-refractivity contribution in [3.63, 3.8) is 0 Å². The molecule has 0 rings (SSSR count). The molecule has 0 saturated heterocycles. The van der Waals surface area contributed by atoms with E-state index in [4.69, 9.17) is 5.11 Å². The van der Waals surface area contributed by atoms with Gasteiger partial charge in [-0.05, 0) is 19.8 Å². The van der Waals surface area contributed by atoms with Crippen LogP contribution in [-0.4, -0.2) is 28.0 Å². The highest BCUT2D eigenvalue weighted by atomic mass is 32.2. The van der Waals surface area contributed by atoms with Gasteiger partial charge in [-0.2, -0.15) is 0 Å². The zero-order chi connectivity index (χ0) is 9.61. The summed E-state index contributed by atoms with van der Waals surface area (Å²) in [6.45, 7) is 5.83. The SMILES string of the molecule is CCC(CC)(SCCO)C(C)=O. The first-order chi connectivity index (χ1) is 5.63. The number of thioether (sulfide) groups is 1. The Morgan fingerprint density at radius 2 is 1.92 bits per heavy atom. The molecule has 3 heteroatoms. The molecule has 0 radical (unpaired) electrons. The maximum atomic E-state index is 11.3. The zero-order valence-corrected chi connectivity index (χ0v) is 8.91. The van der Waals surface area contributed by atoms with Gasteiger partial charge in [-0.1, -0.05) is 13.8 Å². The molecule has 0 aliphatic carbocycles. The molecule has 72 valence electrons. The standard InChI is InChI=1S/C9H18O2S/c1-4-9(5-2,8(3)11)12-7-6-10/h10H,4-7H2,1-3H3. The van der Waals surface area contributed by atoms with Gasteiger partial charge in [-0.3, -0.25) is 4.79 Å². The highest BCUT2D eigenvalue weighted by Gasteiger charge is 2.31. The quantitative estimate of drug-likeness (QED) is 0.694. The molecule has 0 atom stereocenters. The van der Waals surface area contributed by atoms with E-state index in [2.05, 4.69) is 0 Å². The Morgan fingerprint density at radius 1 is 1.42 bits per heavy atom. The van der Waals surface area contributed by atoms with Crippen LogP contribution in [0.25, 0.3) is 0 Å². The molecule has 0 unspecified atom stereocenters. The van der Waals surface area contributed by atoms with E-state index in [1.807, 2.05) is 13.8 Å². The van der Waals surface area contributed by atoms with Crippen molar-refractivity contribution in [2.45, 2.75) is 38.4 Å². The second-order valence-electron chi connectivity index (χ2n) is 2.83. The minimum Gasteiger partial charge on any atom is -0.396 e. The van der Waals surface area contributed by atoms with Crippen LogP contribution in [0.4, 0.5) is 0 Å². The first-order valence-electron chi connectivity index (χ1n) is 4.38. The molecule has 0 amide bonds. The smallest absolute Gasteiger partial charge is 0.145 e. The summed E-state index contributed by atoms with van der Waals surface area (Å²) in [6.07, 6.45) is 1.70. The Hall–Kier alpha value is -0.0200. The fraction of sp³-hybridized carbons (Fsp3) is 0.889. The molecule has 0 fully saturated rings. The molecule has 0 aromatic heterocycles. The third-order valence-electron chi connectivity index (χ3n) is 2.25. The van der Waals surface area contributed by atoms with E-state index in [1.165, 1.54) is 0 Å². The lowest BCUT2D eigenvalue weighted by molar-refractivity contribution is -0.119. The summed E-state index contributed by atoms with van der Waals surface area (Å²) in [5.74, 6) is 0.882. The molecule has 0 spiro atoms. The van der Waals surface area contributed by atoms with Crippen LogP contribution < -0.4 is 0 Å². The first-order valence-corrected chi connectivity index (χ1v) is 5.37. The number of ketones is 1. The summed E-state index contributed by atoms with van der Waals surface area (Å²) >= 11 is 1.58. The molecule has 12 heavy (non-hydrogen) atoms. The molecule has 0 aromatic rings. The van der Waals surface area contributed by atoms with Gasteiger partial charge < -0.3 is 5.11 Å². The van der Waals surface area contributed by atoms with Gasteiger partial charge in [-0.25, -0.2) is 0 Å². The van der Waals surface area contributed by atoms with Crippen molar-refractivity contribution in [1.29, 1.82) is 0 Å². The average molecular weight is 190 g/mol. The molecule has 0 saturated carbocycles. The fourth-order valence-corrected chi connectivity index (χ4v) is 2.39. The van der Waals surface area contributed by atoms with Crippen LogP contribution in [0.15, 0.2) is 0 Å². The van der Waals surface area contributed by atoms with E-state index in [9.17, 15) is 4.79 Å². The minimum atomic E-state index is -0.247. The predicted molar refractivity (Wildman–Crippen MR) is 53.5 cm³/mol. The van der Waals surface area contributed by atoms with Crippen molar-refractivity contribution in [3.05, 3.63) is 0 Å². The van der Waals surface area contributed by atoms with E-state index < -0.39 is 0 Å². The van der Waals surface area contributed by atoms with Crippen LogP contribution in [0.3, 0.4) is 0 Å². The van der Waals surface area contributed by atoms with Crippen molar-refractivity contribution in [3.8, 4) is 0 Å².